The highest BCUT2D eigenvalue weighted by Gasteiger charge is 2.28. The largest absolute Gasteiger partial charge is 0.460 e. The maximum absolute atomic E-state index is 12.9. The summed E-state index contributed by atoms with van der Waals surface area (Å²) in [6, 6.07) is 5.12. The van der Waals surface area contributed by atoms with E-state index in [9.17, 15) is 24.3 Å². The molecule has 0 aliphatic carbocycles. The normalized spacial score (nSPS) is 14.1. The van der Waals surface area contributed by atoms with Crippen LogP contribution in [0.3, 0.4) is 0 Å². The molecular formula is C27H42N2O8S. The molecule has 0 aliphatic heterocycles. The number of hydrogen-bond donors (Lipinski definition) is 4. The van der Waals surface area contributed by atoms with E-state index >= 15 is 0 Å². The smallest absolute Gasteiger partial charge is 0.329 e. The highest BCUT2D eigenvalue weighted by Crippen LogP contribution is 2.17. The zero-order valence-electron chi connectivity index (χ0n) is 23.3. The lowest BCUT2D eigenvalue weighted by atomic mass is 10.1. The van der Waals surface area contributed by atoms with Gasteiger partial charge in [0.1, 0.15) is 17.2 Å². The number of carbonyl (C=O) groups is 4. The van der Waals surface area contributed by atoms with Gasteiger partial charge in [0.25, 0.3) is 5.91 Å². The Labute approximate surface area is 229 Å². The van der Waals surface area contributed by atoms with E-state index in [0.29, 0.717) is 17.2 Å². The molecule has 0 saturated carbocycles. The second-order valence-corrected chi connectivity index (χ2v) is 12.1. The molecule has 2 amide bonds. The van der Waals surface area contributed by atoms with Crippen molar-refractivity contribution in [3.8, 4) is 0 Å². The molecule has 3 atom stereocenters. The summed E-state index contributed by atoms with van der Waals surface area (Å²) in [6.07, 6.45) is -0.891. The molecule has 0 fully saturated rings. The van der Waals surface area contributed by atoms with E-state index in [2.05, 4.69) is 10.6 Å². The zero-order chi connectivity index (χ0) is 29.1. The Balaban J connectivity index is 2.79. The highest BCUT2D eigenvalue weighted by atomic mass is 32.2. The summed E-state index contributed by atoms with van der Waals surface area (Å²) in [5.41, 5.74) is -0.694. The minimum atomic E-state index is -1.06. The van der Waals surface area contributed by atoms with Gasteiger partial charge < -0.3 is 30.3 Å². The Morgan fingerprint density at radius 2 is 1.53 bits per heavy atom. The predicted molar refractivity (Wildman–Crippen MR) is 147 cm³/mol. The van der Waals surface area contributed by atoms with Gasteiger partial charge in [0.2, 0.25) is 5.91 Å². The van der Waals surface area contributed by atoms with Gasteiger partial charge in [0, 0.05) is 35.1 Å². The quantitative estimate of drug-likeness (QED) is 0.270. The Kier molecular flexibility index (Phi) is 13.3. The van der Waals surface area contributed by atoms with Crippen LogP contribution in [0.1, 0.15) is 71.7 Å². The Bertz CT molecular complexity index is 938. The van der Waals surface area contributed by atoms with Gasteiger partial charge in [-0.25, -0.2) is 4.79 Å². The number of anilines is 1. The van der Waals surface area contributed by atoms with Crippen molar-refractivity contribution < 1.29 is 38.9 Å². The number of amides is 2. The summed E-state index contributed by atoms with van der Waals surface area (Å²) < 4.78 is 10.7. The Morgan fingerprint density at radius 1 is 0.947 bits per heavy atom. The van der Waals surface area contributed by atoms with Gasteiger partial charge in [-0.1, -0.05) is 6.92 Å². The van der Waals surface area contributed by atoms with Gasteiger partial charge in [-0.2, -0.15) is 11.8 Å². The molecule has 4 N–H and O–H groups in total. The Morgan fingerprint density at radius 3 is 2.05 bits per heavy atom. The molecule has 0 spiro atoms. The number of thioether (sulfide) groups is 1. The van der Waals surface area contributed by atoms with Gasteiger partial charge in [-0.3, -0.25) is 14.4 Å². The average molecular weight is 555 g/mol. The lowest BCUT2D eigenvalue weighted by Crippen LogP contribution is -2.44. The van der Waals surface area contributed by atoms with E-state index in [1.165, 1.54) is 23.9 Å². The number of esters is 2. The van der Waals surface area contributed by atoms with Crippen molar-refractivity contribution in [3.63, 3.8) is 0 Å². The Hall–Kier alpha value is -2.63. The van der Waals surface area contributed by atoms with Crippen LogP contribution >= 0.6 is 11.8 Å². The molecule has 0 heterocycles. The second kappa shape index (κ2) is 15.1. The molecule has 38 heavy (non-hydrogen) atoms. The lowest BCUT2D eigenvalue weighted by Gasteiger charge is -2.25. The van der Waals surface area contributed by atoms with Crippen LogP contribution in [-0.4, -0.2) is 75.4 Å². The first kappa shape index (κ1) is 33.4. The van der Waals surface area contributed by atoms with Crippen LogP contribution < -0.4 is 10.6 Å². The molecule has 1 aromatic rings. The van der Waals surface area contributed by atoms with Crippen LogP contribution in [0.5, 0.6) is 0 Å². The van der Waals surface area contributed by atoms with Crippen LogP contribution in [0.25, 0.3) is 0 Å². The van der Waals surface area contributed by atoms with Gasteiger partial charge in [-0.15, -0.1) is 0 Å². The minimum absolute atomic E-state index is 0.00887. The van der Waals surface area contributed by atoms with Crippen LogP contribution in [0.4, 0.5) is 5.69 Å². The molecule has 1 rings (SSSR count). The summed E-state index contributed by atoms with van der Waals surface area (Å²) in [4.78, 5) is 50.2. The third-order valence-corrected chi connectivity index (χ3v) is 6.16. The van der Waals surface area contributed by atoms with E-state index in [1.54, 1.807) is 60.6 Å². The molecule has 0 aromatic heterocycles. The first-order valence-corrected chi connectivity index (χ1v) is 13.7. The fourth-order valence-electron chi connectivity index (χ4n) is 3.00. The van der Waals surface area contributed by atoms with Crippen LogP contribution in [0.15, 0.2) is 24.3 Å². The number of benzene rings is 1. The highest BCUT2D eigenvalue weighted by molar-refractivity contribution is 7.99. The van der Waals surface area contributed by atoms with E-state index in [0.717, 1.165) is 0 Å². The van der Waals surface area contributed by atoms with E-state index in [-0.39, 0.29) is 36.8 Å². The predicted octanol–water partition coefficient (Wildman–Crippen LogP) is 2.91. The SMILES string of the molecule is C[C@@H](CSC[C@H](O)CO)C(=O)Nc1ccc(C(=O)N[C@@H](CCC(=O)OC(C)(C)C)C(=O)OC(C)(C)C)cc1. The summed E-state index contributed by atoms with van der Waals surface area (Å²) >= 11 is 1.37. The number of nitrogens with one attached hydrogen (secondary N) is 2. The number of aliphatic hydroxyl groups is 2. The molecule has 0 radical (unpaired) electrons. The fraction of sp³-hybridized carbons (Fsp3) is 0.630. The van der Waals surface area contributed by atoms with E-state index in [1.807, 2.05) is 0 Å². The molecule has 0 saturated heterocycles. The second-order valence-electron chi connectivity index (χ2n) is 11.0. The lowest BCUT2D eigenvalue weighted by molar-refractivity contribution is -0.158. The zero-order valence-corrected chi connectivity index (χ0v) is 24.1. The number of rotatable bonds is 13. The molecule has 1 aromatic carbocycles. The van der Waals surface area contributed by atoms with E-state index < -0.39 is 41.2 Å². The molecule has 0 unspecified atom stereocenters. The maximum atomic E-state index is 12.9. The van der Waals surface area contributed by atoms with E-state index in [4.69, 9.17) is 14.6 Å². The first-order valence-electron chi connectivity index (χ1n) is 12.5. The number of ether oxygens (including phenoxy) is 2. The third-order valence-electron chi connectivity index (χ3n) is 4.80. The third kappa shape index (κ3) is 13.8. The first-order chi connectivity index (χ1) is 17.5. The molecular weight excluding hydrogens is 512 g/mol. The monoisotopic (exact) mass is 554 g/mol. The minimum Gasteiger partial charge on any atom is -0.460 e. The molecule has 10 nitrogen and oxygen atoms in total. The van der Waals surface area contributed by atoms with Crippen molar-refractivity contribution in [1.29, 1.82) is 0 Å². The van der Waals surface area contributed by atoms with Gasteiger partial charge >= 0.3 is 11.9 Å². The summed E-state index contributed by atoms with van der Waals surface area (Å²) in [5.74, 6) is -1.43. The van der Waals surface area contributed by atoms with Gasteiger partial charge in [-0.05, 0) is 72.2 Å². The van der Waals surface area contributed by atoms with Crippen molar-refractivity contribution in [2.24, 2.45) is 5.92 Å². The van der Waals surface area contributed by atoms with Crippen molar-refractivity contribution in [2.45, 2.75) is 84.7 Å². The molecule has 0 aliphatic rings. The average Bonchev–Trinajstić information content (AvgIpc) is 2.79. The summed E-state index contributed by atoms with van der Waals surface area (Å²) in [7, 11) is 0. The van der Waals surface area contributed by atoms with Crippen molar-refractivity contribution in [1.82, 2.24) is 5.32 Å². The van der Waals surface area contributed by atoms with Crippen molar-refractivity contribution >= 4 is 41.2 Å². The standard InChI is InChI=1S/C27H42N2O8S/c1-17(15-38-16-20(31)14-30)23(33)28-19-10-8-18(9-11-19)24(34)29-21(25(35)37-27(5,6)7)12-13-22(32)36-26(2,3)4/h8-11,17,20-21,30-31H,12-16H2,1-7H3,(H,28,33)(H,29,34)/t17-,20+,21-/m0/s1. The van der Waals surface area contributed by atoms with Crippen LogP contribution in [0, 0.1) is 5.92 Å². The van der Waals surface area contributed by atoms with Crippen LogP contribution in [-0.2, 0) is 23.9 Å². The van der Waals surface area contributed by atoms with Crippen molar-refractivity contribution in [2.75, 3.05) is 23.4 Å². The van der Waals surface area contributed by atoms with Gasteiger partial charge in [0.15, 0.2) is 0 Å². The van der Waals surface area contributed by atoms with Gasteiger partial charge in [0.05, 0.1) is 12.7 Å². The topological polar surface area (TPSA) is 151 Å². The number of aliphatic hydroxyl groups excluding tert-OH is 2. The fourth-order valence-corrected chi connectivity index (χ4v) is 4.02. The summed E-state index contributed by atoms with van der Waals surface area (Å²) in [5, 5.41) is 23.7. The molecule has 11 heteroatoms. The summed E-state index contributed by atoms with van der Waals surface area (Å²) in [6.45, 7) is 11.8. The van der Waals surface area contributed by atoms with Crippen LogP contribution in [0.2, 0.25) is 0 Å². The molecule has 214 valence electrons. The van der Waals surface area contributed by atoms with Crippen molar-refractivity contribution in [3.05, 3.63) is 29.8 Å². The number of hydrogen-bond acceptors (Lipinski definition) is 9. The molecule has 0 bridgehead atoms. The maximum Gasteiger partial charge on any atom is 0.329 e. The number of carbonyl (C=O) groups excluding carboxylic acids is 4.